The number of benzene rings is 2. The van der Waals surface area contributed by atoms with Gasteiger partial charge in [0, 0.05) is 6.04 Å². The largest absolute Gasteiger partial charge is 0.465 e. The van der Waals surface area contributed by atoms with Crippen LogP contribution in [0, 0.1) is 6.92 Å². The van der Waals surface area contributed by atoms with E-state index in [0.717, 1.165) is 6.42 Å². The molecule has 0 aliphatic heterocycles. The van der Waals surface area contributed by atoms with E-state index in [1.165, 1.54) is 36.6 Å². The van der Waals surface area contributed by atoms with Gasteiger partial charge in [0.2, 0.25) is 0 Å². The first kappa shape index (κ1) is 21.3. The highest BCUT2D eigenvalue weighted by atomic mass is 32.1. The number of esters is 1. The van der Waals surface area contributed by atoms with Crippen LogP contribution in [0.5, 0.6) is 0 Å². The molecule has 0 spiro atoms. The number of ether oxygens (including phenoxy) is 1. The van der Waals surface area contributed by atoms with E-state index in [0.29, 0.717) is 11.6 Å². The van der Waals surface area contributed by atoms with E-state index in [1.54, 1.807) is 12.1 Å². The second-order valence-corrected chi connectivity index (χ2v) is 6.25. The highest BCUT2D eigenvalue weighted by Crippen LogP contribution is 2.12. The quantitative estimate of drug-likeness (QED) is 0.564. The smallest absolute Gasteiger partial charge is 0.337 e. The molecular formula is C21H29NO2S. The van der Waals surface area contributed by atoms with Crippen LogP contribution in [0.25, 0.3) is 0 Å². The summed E-state index contributed by atoms with van der Waals surface area (Å²) in [6.07, 6.45) is 3.21. The number of carbonyl (C=O) groups excluding carboxylic acids is 1. The highest BCUT2D eigenvalue weighted by molar-refractivity contribution is 7.78. The van der Waals surface area contributed by atoms with Crippen LogP contribution in [-0.2, 0) is 11.2 Å². The summed E-state index contributed by atoms with van der Waals surface area (Å²) in [5.74, 6) is -0.295. The molecule has 0 bridgehead atoms. The third-order valence-corrected chi connectivity index (χ3v) is 4.44. The van der Waals surface area contributed by atoms with Crippen LogP contribution in [0.3, 0.4) is 0 Å². The molecule has 0 aliphatic carbocycles. The molecule has 3 nitrogen and oxygen atoms in total. The first-order valence-corrected chi connectivity index (χ1v) is 9.11. The summed E-state index contributed by atoms with van der Waals surface area (Å²) in [7, 11) is 1.39. The predicted molar refractivity (Wildman–Crippen MR) is 108 cm³/mol. The van der Waals surface area contributed by atoms with Gasteiger partial charge in [-0.05, 0) is 49.4 Å². The third kappa shape index (κ3) is 7.76. The van der Waals surface area contributed by atoms with Crippen molar-refractivity contribution in [2.75, 3.05) is 7.11 Å². The van der Waals surface area contributed by atoms with Crippen molar-refractivity contribution in [3.8, 4) is 0 Å². The fraction of sp³-hybridized carbons (Fsp3) is 0.381. The van der Waals surface area contributed by atoms with Gasteiger partial charge >= 0.3 is 5.97 Å². The molecule has 1 N–H and O–H groups in total. The van der Waals surface area contributed by atoms with E-state index in [4.69, 9.17) is 0 Å². The van der Waals surface area contributed by atoms with Crippen molar-refractivity contribution in [1.29, 1.82) is 0 Å². The van der Waals surface area contributed by atoms with Crippen LogP contribution in [-0.4, -0.2) is 19.1 Å². The molecule has 25 heavy (non-hydrogen) atoms. The fourth-order valence-corrected chi connectivity index (χ4v) is 2.65. The van der Waals surface area contributed by atoms with Gasteiger partial charge in [-0.3, -0.25) is 4.72 Å². The Kier molecular flexibility index (Phi) is 9.97. The maximum atomic E-state index is 11.3. The second kappa shape index (κ2) is 11.7. The summed E-state index contributed by atoms with van der Waals surface area (Å²) in [4.78, 5) is 11.3. The van der Waals surface area contributed by atoms with E-state index >= 15 is 0 Å². The molecule has 0 amide bonds. The molecule has 0 unspecified atom stereocenters. The average Bonchev–Trinajstić information content (AvgIpc) is 2.65. The van der Waals surface area contributed by atoms with Gasteiger partial charge < -0.3 is 4.74 Å². The minimum Gasteiger partial charge on any atom is -0.465 e. The number of rotatable bonds is 6. The first-order valence-electron chi connectivity index (χ1n) is 8.66. The first-order chi connectivity index (χ1) is 12.0. The van der Waals surface area contributed by atoms with Crippen LogP contribution in [0.15, 0.2) is 48.5 Å². The molecule has 136 valence electrons. The molecule has 0 saturated heterocycles. The molecule has 4 heteroatoms. The standard InChI is InChI=1S/C16H16O2.C5H13NS/c1-12-3-5-13(6-4-12)11-14-7-9-15(10-8-14)16(17)18-2;1-3-5(4-2)6-7/h3-10H,11H2,1-2H3;5-7H,3-4H2,1-2H3. The van der Waals surface area contributed by atoms with Gasteiger partial charge in [-0.25, -0.2) is 4.79 Å². The maximum absolute atomic E-state index is 11.3. The average molecular weight is 360 g/mol. The minimum atomic E-state index is -0.295. The van der Waals surface area contributed by atoms with Gasteiger partial charge in [0.1, 0.15) is 0 Å². The van der Waals surface area contributed by atoms with Crippen molar-refractivity contribution in [2.24, 2.45) is 0 Å². The van der Waals surface area contributed by atoms with Crippen molar-refractivity contribution in [1.82, 2.24) is 4.72 Å². The SMILES string of the molecule is CCC(CC)NS.COC(=O)c1ccc(Cc2ccc(C)cc2)cc1. The van der Waals surface area contributed by atoms with Gasteiger partial charge in [-0.1, -0.05) is 68.6 Å². The van der Waals surface area contributed by atoms with Crippen LogP contribution in [0.2, 0.25) is 0 Å². The Hall–Kier alpha value is -1.78. The Morgan fingerprint density at radius 1 is 1.00 bits per heavy atom. The monoisotopic (exact) mass is 359 g/mol. The van der Waals surface area contributed by atoms with Gasteiger partial charge in [-0.2, -0.15) is 0 Å². The number of hydrogen-bond donors (Lipinski definition) is 2. The van der Waals surface area contributed by atoms with Crippen molar-refractivity contribution >= 4 is 18.8 Å². The van der Waals surface area contributed by atoms with Gasteiger partial charge in [0.05, 0.1) is 12.7 Å². The zero-order chi connectivity index (χ0) is 18.7. The van der Waals surface area contributed by atoms with Crippen molar-refractivity contribution in [2.45, 2.75) is 46.1 Å². The summed E-state index contributed by atoms with van der Waals surface area (Å²) < 4.78 is 7.56. The van der Waals surface area contributed by atoms with E-state index in [2.05, 4.69) is 67.3 Å². The minimum absolute atomic E-state index is 0.295. The molecule has 0 saturated carbocycles. The fourth-order valence-electron chi connectivity index (χ4n) is 2.29. The number of methoxy groups -OCH3 is 1. The molecule has 0 fully saturated rings. The lowest BCUT2D eigenvalue weighted by atomic mass is 10.0. The van der Waals surface area contributed by atoms with Crippen LogP contribution in [0.4, 0.5) is 0 Å². The lowest BCUT2D eigenvalue weighted by Crippen LogP contribution is -2.17. The summed E-state index contributed by atoms with van der Waals surface area (Å²) in [5, 5.41) is 0. The molecule has 0 aliphatic rings. The van der Waals surface area contributed by atoms with Crippen LogP contribution in [0.1, 0.15) is 53.7 Å². The highest BCUT2D eigenvalue weighted by Gasteiger charge is 2.04. The van der Waals surface area contributed by atoms with Gasteiger partial charge in [-0.15, -0.1) is 0 Å². The van der Waals surface area contributed by atoms with Crippen LogP contribution >= 0.6 is 12.8 Å². The molecule has 0 aromatic heterocycles. The van der Waals surface area contributed by atoms with Gasteiger partial charge in [0.25, 0.3) is 0 Å². The third-order valence-electron chi connectivity index (χ3n) is 4.07. The Labute approximate surface area is 157 Å². The molecule has 0 atom stereocenters. The van der Waals surface area contributed by atoms with Crippen molar-refractivity contribution in [3.63, 3.8) is 0 Å². The molecular weight excluding hydrogens is 330 g/mol. The van der Waals surface area contributed by atoms with Crippen molar-refractivity contribution in [3.05, 3.63) is 70.8 Å². The molecule has 2 aromatic rings. The number of hydrogen-bond acceptors (Lipinski definition) is 4. The zero-order valence-electron chi connectivity index (χ0n) is 15.6. The Morgan fingerprint density at radius 3 is 1.84 bits per heavy atom. The normalized spacial score (nSPS) is 10.2. The second-order valence-electron chi connectivity index (χ2n) is 5.99. The van der Waals surface area contributed by atoms with E-state index < -0.39 is 0 Å². The van der Waals surface area contributed by atoms with E-state index in [1.807, 2.05) is 12.1 Å². The summed E-state index contributed by atoms with van der Waals surface area (Å²) >= 11 is 3.93. The van der Waals surface area contributed by atoms with Gasteiger partial charge in [0.15, 0.2) is 0 Å². The summed E-state index contributed by atoms with van der Waals surface area (Å²) in [6, 6.07) is 16.6. The number of carbonyl (C=O) groups is 1. The van der Waals surface area contributed by atoms with E-state index in [9.17, 15) is 4.79 Å². The zero-order valence-corrected chi connectivity index (χ0v) is 16.5. The molecule has 0 heterocycles. The number of aryl methyl sites for hydroxylation is 1. The Bertz CT molecular complexity index is 614. The lowest BCUT2D eigenvalue weighted by Gasteiger charge is -2.07. The number of thiol groups is 1. The Morgan fingerprint density at radius 2 is 1.48 bits per heavy atom. The number of nitrogens with one attached hydrogen (secondary N) is 1. The summed E-state index contributed by atoms with van der Waals surface area (Å²) in [6.45, 7) is 6.38. The van der Waals surface area contributed by atoms with E-state index in [-0.39, 0.29) is 5.97 Å². The summed E-state index contributed by atoms with van der Waals surface area (Å²) in [5.41, 5.74) is 4.31. The molecule has 0 radical (unpaired) electrons. The maximum Gasteiger partial charge on any atom is 0.337 e. The topological polar surface area (TPSA) is 38.3 Å². The van der Waals surface area contributed by atoms with Crippen LogP contribution < -0.4 is 4.72 Å². The lowest BCUT2D eigenvalue weighted by molar-refractivity contribution is 0.0600. The predicted octanol–water partition coefficient (Wildman–Crippen LogP) is 4.98. The molecule has 2 aromatic carbocycles. The van der Waals surface area contributed by atoms with Crippen molar-refractivity contribution < 1.29 is 9.53 Å². The molecule has 2 rings (SSSR count). The Balaban J connectivity index is 0.000000381.